The van der Waals surface area contributed by atoms with E-state index in [0.29, 0.717) is 26.0 Å². The van der Waals surface area contributed by atoms with Gasteiger partial charge in [0.25, 0.3) is 5.91 Å². The first-order valence-electron chi connectivity index (χ1n) is 7.94. The number of carbonyl (C=O) groups excluding carboxylic acids is 1. The van der Waals surface area contributed by atoms with Gasteiger partial charge in [-0.2, -0.15) is 0 Å². The van der Waals surface area contributed by atoms with Gasteiger partial charge in [-0.3, -0.25) is 10.1 Å². The third kappa shape index (κ3) is 5.66. The molecule has 1 aromatic heterocycles. The zero-order chi connectivity index (χ0) is 19.2. The Bertz CT molecular complexity index is 921. The molecule has 1 unspecified atom stereocenters. The van der Waals surface area contributed by atoms with Gasteiger partial charge in [0.1, 0.15) is 11.6 Å². The molecule has 3 aromatic rings. The van der Waals surface area contributed by atoms with Crippen molar-refractivity contribution in [3.05, 3.63) is 64.9 Å². The Balaban J connectivity index is 1.52. The molecule has 0 aliphatic carbocycles. The lowest BCUT2D eigenvalue weighted by Gasteiger charge is -2.14. The highest BCUT2D eigenvalue weighted by molar-refractivity contribution is 8.00. The molecule has 0 saturated carbocycles. The van der Waals surface area contributed by atoms with Crippen molar-refractivity contribution in [3.8, 4) is 5.75 Å². The highest BCUT2D eigenvalue weighted by Gasteiger charge is 2.18. The maximum atomic E-state index is 12.9. The predicted octanol–water partition coefficient (Wildman–Crippen LogP) is 5.03. The fraction of sp³-hybridized carbons (Fsp3) is 0.167. The molecule has 1 heterocycles. The number of hydrogen-bond donors (Lipinski definition) is 1. The molecule has 1 amide bonds. The van der Waals surface area contributed by atoms with Gasteiger partial charge in [0.15, 0.2) is 10.4 Å². The monoisotopic (exact) mass is 423 g/mol. The second-order valence-electron chi connectivity index (χ2n) is 5.47. The number of rotatable bonds is 7. The van der Waals surface area contributed by atoms with Crippen LogP contribution in [0.5, 0.6) is 5.75 Å². The average Bonchev–Trinajstić information content (AvgIpc) is 3.10. The number of halogens is 2. The summed E-state index contributed by atoms with van der Waals surface area (Å²) in [5.41, 5.74) is 0.976. The molecule has 0 saturated heterocycles. The average molecular weight is 424 g/mol. The molecule has 1 atom stereocenters. The summed E-state index contributed by atoms with van der Waals surface area (Å²) in [5.74, 6) is 0.461. The summed E-state index contributed by atoms with van der Waals surface area (Å²) in [6.45, 7) is 1.63. The highest BCUT2D eigenvalue weighted by Crippen LogP contribution is 2.29. The maximum Gasteiger partial charge on any atom is 0.266 e. The lowest BCUT2D eigenvalue weighted by molar-refractivity contribution is -0.122. The summed E-state index contributed by atoms with van der Waals surface area (Å²) in [5, 5.41) is 11.5. The van der Waals surface area contributed by atoms with Crippen LogP contribution in [0.1, 0.15) is 12.5 Å². The summed E-state index contributed by atoms with van der Waals surface area (Å²) in [7, 11) is 0. The Hall–Kier alpha value is -2.16. The van der Waals surface area contributed by atoms with Crippen molar-refractivity contribution in [2.45, 2.75) is 23.1 Å². The molecule has 27 heavy (non-hydrogen) atoms. The number of carbonyl (C=O) groups is 1. The molecular formula is C18H15ClFN3O2S2. The Kier molecular flexibility index (Phi) is 6.65. The molecule has 5 nitrogen and oxygen atoms in total. The molecule has 2 aromatic carbocycles. The molecule has 1 N–H and O–H groups in total. The topological polar surface area (TPSA) is 64.1 Å². The van der Waals surface area contributed by atoms with Crippen LogP contribution in [0.3, 0.4) is 0 Å². The summed E-state index contributed by atoms with van der Waals surface area (Å²) < 4.78 is 19.2. The molecule has 9 heteroatoms. The summed E-state index contributed by atoms with van der Waals surface area (Å²) in [6, 6.07) is 13.2. The minimum Gasteiger partial charge on any atom is -0.479 e. The summed E-state index contributed by atoms with van der Waals surface area (Å²) in [6.07, 6.45) is -0.746. The van der Waals surface area contributed by atoms with Crippen molar-refractivity contribution in [1.82, 2.24) is 10.2 Å². The van der Waals surface area contributed by atoms with Gasteiger partial charge in [0.05, 0.1) is 5.02 Å². The van der Waals surface area contributed by atoms with Crippen molar-refractivity contribution in [2.75, 3.05) is 5.32 Å². The van der Waals surface area contributed by atoms with E-state index in [9.17, 15) is 9.18 Å². The second kappa shape index (κ2) is 9.16. The zero-order valence-electron chi connectivity index (χ0n) is 14.2. The van der Waals surface area contributed by atoms with E-state index < -0.39 is 6.10 Å². The van der Waals surface area contributed by atoms with Crippen molar-refractivity contribution < 1.29 is 13.9 Å². The molecule has 0 spiro atoms. The van der Waals surface area contributed by atoms with Crippen LogP contribution in [-0.4, -0.2) is 22.2 Å². The van der Waals surface area contributed by atoms with Crippen molar-refractivity contribution in [3.63, 3.8) is 0 Å². The number of nitrogens with one attached hydrogen (secondary N) is 1. The lowest BCUT2D eigenvalue weighted by Crippen LogP contribution is -2.30. The third-order valence-electron chi connectivity index (χ3n) is 3.42. The van der Waals surface area contributed by atoms with E-state index in [1.54, 1.807) is 43.3 Å². The van der Waals surface area contributed by atoms with Crippen LogP contribution in [0.25, 0.3) is 0 Å². The van der Waals surface area contributed by atoms with Gasteiger partial charge in [-0.25, -0.2) is 4.39 Å². The van der Waals surface area contributed by atoms with Crippen molar-refractivity contribution in [1.29, 1.82) is 0 Å². The minimum absolute atomic E-state index is 0.266. The van der Waals surface area contributed by atoms with Crippen LogP contribution < -0.4 is 10.1 Å². The van der Waals surface area contributed by atoms with Crippen LogP contribution in [0.2, 0.25) is 5.02 Å². The quantitative estimate of drug-likeness (QED) is 0.426. The fourth-order valence-corrected chi connectivity index (χ4v) is 3.93. The van der Waals surface area contributed by atoms with E-state index >= 15 is 0 Å². The molecule has 0 aliphatic heterocycles. The number of aromatic nitrogens is 2. The van der Waals surface area contributed by atoms with E-state index in [2.05, 4.69) is 15.5 Å². The molecular weight excluding hydrogens is 409 g/mol. The van der Waals surface area contributed by atoms with Crippen LogP contribution >= 0.6 is 34.7 Å². The molecule has 0 aliphatic rings. The minimum atomic E-state index is -0.746. The largest absolute Gasteiger partial charge is 0.479 e. The summed E-state index contributed by atoms with van der Waals surface area (Å²) in [4.78, 5) is 12.3. The number of para-hydroxylation sites is 1. The van der Waals surface area contributed by atoms with Gasteiger partial charge < -0.3 is 4.74 Å². The molecule has 0 radical (unpaired) electrons. The van der Waals surface area contributed by atoms with E-state index in [-0.39, 0.29) is 11.7 Å². The maximum absolute atomic E-state index is 12.9. The first-order valence-corrected chi connectivity index (χ1v) is 10.1. The number of benzene rings is 2. The van der Waals surface area contributed by atoms with E-state index in [4.69, 9.17) is 16.3 Å². The van der Waals surface area contributed by atoms with Gasteiger partial charge in [0, 0.05) is 5.75 Å². The first-order chi connectivity index (χ1) is 13.0. The number of hydrogen-bond acceptors (Lipinski definition) is 6. The third-order valence-corrected chi connectivity index (χ3v) is 5.78. The van der Waals surface area contributed by atoms with Gasteiger partial charge in [0.2, 0.25) is 5.13 Å². The molecule has 0 bridgehead atoms. The van der Waals surface area contributed by atoms with Crippen molar-refractivity contribution in [2.24, 2.45) is 0 Å². The van der Waals surface area contributed by atoms with Gasteiger partial charge in [-0.05, 0) is 36.8 Å². The SMILES string of the molecule is CC(Oc1ccccc1Cl)C(=O)Nc1nnc(SCc2ccc(F)cc2)s1. The Labute approximate surface area is 168 Å². The summed E-state index contributed by atoms with van der Waals surface area (Å²) >= 11 is 8.76. The number of anilines is 1. The smallest absolute Gasteiger partial charge is 0.266 e. The van der Waals surface area contributed by atoms with Crippen LogP contribution in [-0.2, 0) is 10.5 Å². The lowest BCUT2D eigenvalue weighted by atomic mass is 10.2. The zero-order valence-corrected chi connectivity index (χ0v) is 16.6. The fourth-order valence-electron chi connectivity index (χ4n) is 2.04. The Morgan fingerprint density at radius 2 is 2.00 bits per heavy atom. The normalized spacial score (nSPS) is 11.8. The number of amides is 1. The second-order valence-corrected chi connectivity index (χ2v) is 8.08. The van der Waals surface area contributed by atoms with Crippen molar-refractivity contribution >= 4 is 45.7 Å². The molecule has 0 fully saturated rings. The Morgan fingerprint density at radius 1 is 1.26 bits per heavy atom. The van der Waals surface area contributed by atoms with Gasteiger partial charge in [-0.15, -0.1) is 10.2 Å². The number of nitrogens with zero attached hydrogens (tertiary/aromatic N) is 2. The van der Waals surface area contributed by atoms with Crippen LogP contribution in [0.15, 0.2) is 52.9 Å². The first kappa shape index (κ1) is 19.6. The van der Waals surface area contributed by atoms with Crippen LogP contribution in [0.4, 0.5) is 9.52 Å². The van der Waals surface area contributed by atoms with Crippen LogP contribution in [0, 0.1) is 5.82 Å². The van der Waals surface area contributed by atoms with Gasteiger partial charge in [-0.1, -0.05) is 59.0 Å². The molecule has 3 rings (SSSR count). The standard InChI is InChI=1S/C18H15ClFN3O2S2/c1-11(25-15-5-3-2-4-14(15)19)16(24)21-17-22-23-18(27-17)26-10-12-6-8-13(20)9-7-12/h2-9,11H,10H2,1H3,(H,21,22,24). The number of thioether (sulfide) groups is 1. The van der Waals surface area contributed by atoms with E-state index in [1.165, 1.54) is 35.2 Å². The Morgan fingerprint density at radius 3 is 2.74 bits per heavy atom. The van der Waals surface area contributed by atoms with E-state index in [0.717, 1.165) is 5.56 Å². The van der Waals surface area contributed by atoms with E-state index in [1.807, 2.05) is 0 Å². The van der Waals surface area contributed by atoms with Gasteiger partial charge >= 0.3 is 0 Å². The highest BCUT2D eigenvalue weighted by atomic mass is 35.5. The number of ether oxygens (including phenoxy) is 1. The predicted molar refractivity (Wildman–Crippen MR) is 106 cm³/mol. The molecule has 140 valence electrons.